The summed E-state index contributed by atoms with van der Waals surface area (Å²) in [7, 11) is 0. The molecule has 0 heterocycles. The molecule has 0 aromatic carbocycles. The van der Waals surface area contributed by atoms with Crippen molar-refractivity contribution >= 4 is 17.3 Å². The lowest BCUT2D eigenvalue weighted by Gasteiger charge is -2.23. The minimum atomic E-state index is 0.623. The predicted octanol–water partition coefficient (Wildman–Crippen LogP) is 3.90. The summed E-state index contributed by atoms with van der Waals surface area (Å²) in [5, 5.41) is 8.00. The van der Waals surface area contributed by atoms with Crippen molar-refractivity contribution < 1.29 is 0 Å². The molecule has 0 radical (unpaired) electrons. The van der Waals surface area contributed by atoms with Crippen LogP contribution in [0.1, 0.15) is 77.0 Å². The Hall–Kier alpha value is -0.310. The molecule has 2 N–H and O–H groups in total. The van der Waals surface area contributed by atoms with E-state index in [-0.39, 0.29) is 0 Å². The van der Waals surface area contributed by atoms with Gasteiger partial charge < -0.3 is 10.6 Å². The average molecular weight is 268 g/mol. The molecule has 18 heavy (non-hydrogen) atoms. The van der Waals surface area contributed by atoms with E-state index in [0.717, 1.165) is 5.11 Å². The Morgan fingerprint density at radius 1 is 0.611 bits per heavy atom. The molecule has 0 aromatic heterocycles. The van der Waals surface area contributed by atoms with Crippen molar-refractivity contribution in [1.29, 1.82) is 0 Å². The van der Waals surface area contributed by atoms with Gasteiger partial charge in [-0.15, -0.1) is 0 Å². The molecule has 0 saturated heterocycles. The second-order valence-electron chi connectivity index (χ2n) is 5.99. The largest absolute Gasteiger partial charge is 0.360 e. The van der Waals surface area contributed by atoms with Crippen LogP contribution in [-0.4, -0.2) is 17.2 Å². The maximum Gasteiger partial charge on any atom is 0.166 e. The summed E-state index contributed by atoms with van der Waals surface area (Å²) in [5.74, 6) is 0. The predicted molar refractivity (Wildman–Crippen MR) is 81.8 cm³/mol. The van der Waals surface area contributed by atoms with Crippen molar-refractivity contribution in [2.75, 3.05) is 0 Å². The van der Waals surface area contributed by atoms with Crippen LogP contribution >= 0.6 is 12.2 Å². The molecule has 2 aliphatic rings. The first-order chi connectivity index (χ1) is 8.84. The van der Waals surface area contributed by atoms with E-state index in [1.165, 1.54) is 77.0 Å². The number of thiocarbonyl (C=S) groups is 1. The van der Waals surface area contributed by atoms with Gasteiger partial charge in [0.05, 0.1) is 0 Å². The van der Waals surface area contributed by atoms with Gasteiger partial charge in [-0.3, -0.25) is 0 Å². The molecule has 2 fully saturated rings. The average Bonchev–Trinajstić information content (AvgIpc) is 2.74. The van der Waals surface area contributed by atoms with Crippen LogP contribution in [0.15, 0.2) is 0 Å². The van der Waals surface area contributed by atoms with E-state index in [0.29, 0.717) is 12.1 Å². The van der Waals surface area contributed by atoms with E-state index in [2.05, 4.69) is 10.6 Å². The van der Waals surface area contributed by atoms with Crippen molar-refractivity contribution in [2.24, 2.45) is 0 Å². The highest BCUT2D eigenvalue weighted by Crippen LogP contribution is 2.18. The van der Waals surface area contributed by atoms with Crippen molar-refractivity contribution in [1.82, 2.24) is 10.6 Å². The quantitative estimate of drug-likeness (QED) is 0.587. The minimum Gasteiger partial charge on any atom is -0.360 e. The van der Waals surface area contributed by atoms with Crippen LogP contribution in [0, 0.1) is 0 Å². The smallest absolute Gasteiger partial charge is 0.166 e. The van der Waals surface area contributed by atoms with Crippen LogP contribution < -0.4 is 10.6 Å². The van der Waals surface area contributed by atoms with E-state index >= 15 is 0 Å². The third-order valence-electron chi connectivity index (χ3n) is 4.38. The van der Waals surface area contributed by atoms with E-state index in [1.54, 1.807) is 0 Å². The Balaban J connectivity index is 1.69. The Morgan fingerprint density at radius 2 is 0.944 bits per heavy atom. The number of hydrogen-bond donors (Lipinski definition) is 2. The lowest BCUT2D eigenvalue weighted by Crippen LogP contribution is -2.45. The summed E-state index contributed by atoms with van der Waals surface area (Å²) in [4.78, 5) is 0. The summed E-state index contributed by atoms with van der Waals surface area (Å²) in [6.45, 7) is 0. The zero-order valence-corrected chi connectivity index (χ0v) is 12.4. The molecule has 0 atom stereocenters. The second-order valence-corrected chi connectivity index (χ2v) is 6.40. The number of hydrogen-bond acceptors (Lipinski definition) is 1. The zero-order chi connectivity index (χ0) is 12.6. The lowest BCUT2D eigenvalue weighted by atomic mass is 10.1. The fourth-order valence-electron chi connectivity index (χ4n) is 3.26. The van der Waals surface area contributed by atoms with Crippen LogP contribution in [0.25, 0.3) is 0 Å². The zero-order valence-electron chi connectivity index (χ0n) is 11.5. The number of rotatable bonds is 2. The van der Waals surface area contributed by atoms with Gasteiger partial charge in [-0.05, 0) is 37.9 Å². The van der Waals surface area contributed by atoms with Crippen molar-refractivity contribution in [3.63, 3.8) is 0 Å². The molecular weight excluding hydrogens is 240 g/mol. The van der Waals surface area contributed by atoms with Crippen molar-refractivity contribution in [2.45, 2.75) is 89.1 Å². The van der Waals surface area contributed by atoms with Gasteiger partial charge in [0, 0.05) is 12.1 Å². The van der Waals surface area contributed by atoms with Gasteiger partial charge in [-0.25, -0.2) is 0 Å². The van der Waals surface area contributed by atoms with Gasteiger partial charge in [-0.1, -0.05) is 51.4 Å². The van der Waals surface area contributed by atoms with Crippen LogP contribution in [0.5, 0.6) is 0 Å². The highest BCUT2D eigenvalue weighted by molar-refractivity contribution is 7.80. The topological polar surface area (TPSA) is 24.1 Å². The van der Waals surface area contributed by atoms with E-state index in [4.69, 9.17) is 12.2 Å². The van der Waals surface area contributed by atoms with Crippen LogP contribution in [-0.2, 0) is 0 Å². The molecule has 104 valence electrons. The Kier molecular flexibility index (Phi) is 6.25. The van der Waals surface area contributed by atoms with Crippen LogP contribution in [0.4, 0.5) is 0 Å². The molecule has 0 bridgehead atoms. The van der Waals surface area contributed by atoms with Crippen LogP contribution in [0.2, 0.25) is 0 Å². The Bertz CT molecular complexity index is 215. The van der Waals surface area contributed by atoms with Gasteiger partial charge in [0.1, 0.15) is 0 Å². The molecule has 0 amide bonds. The highest BCUT2D eigenvalue weighted by atomic mass is 32.1. The van der Waals surface area contributed by atoms with Gasteiger partial charge in [0.25, 0.3) is 0 Å². The first-order valence-corrected chi connectivity index (χ1v) is 8.32. The molecule has 0 unspecified atom stereocenters. The fraction of sp³-hybridized carbons (Fsp3) is 0.933. The molecule has 3 heteroatoms. The van der Waals surface area contributed by atoms with Crippen molar-refractivity contribution in [3.05, 3.63) is 0 Å². The van der Waals surface area contributed by atoms with Gasteiger partial charge in [-0.2, -0.15) is 0 Å². The molecule has 0 aromatic rings. The highest BCUT2D eigenvalue weighted by Gasteiger charge is 2.16. The van der Waals surface area contributed by atoms with Crippen LogP contribution in [0.3, 0.4) is 0 Å². The molecule has 2 rings (SSSR count). The van der Waals surface area contributed by atoms with Gasteiger partial charge in [0.2, 0.25) is 0 Å². The molecule has 0 aliphatic heterocycles. The summed E-state index contributed by atoms with van der Waals surface area (Å²) >= 11 is 5.48. The summed E-state index contributed by atoms with van der Waals surface area (Å²) in [6.07, 6.45) is 16.3. The monoisotopic (exact) mass is 268 g/mol. The summed E-state index contributed by atoms with van der Waals surface area (Å²) in [6, 6.07) is 1.25. The molecule has 2 nitrogen and oxygen atoms in total. The molecule has 2 saturated carbocycles. The normalized spacial score (nSPS) is 24.0. The molecule has 0 spiro atoms. The third kappa shape index (κ3) is 5.13. The summed E-state index contributed by atoms with van der Waals surface area (Å²) < 4.78 is 0. The van der Waals surface area contributed by atoms with Crippen molar-refractivity contribution in [3.8, 4) is 0 Å². The fourth-order valence-corrected chi connectivity index (χ4v) is 3.59. The SMILES string of the molecule is S=C(NC1CCCCCC1)NC1CCCCCC1. The third-order valence-corrected chi connectivity index (χ3v) is 4.62. The Morgan fingerprint density at radius 3 is 1.28 bits per heavy atom. The second kappa shape index (κ2) is 7.98. The Labute approximate surface area is 117 Å². The van der Waals surface area contributed by atoms with Gasteiger partial charge >= 0.3 is 0 Å². The van der Waals surface area contributed by atoms with E-state index in [1.807, 2.05) is 0 Å². The maximum absolute atomic E-state index is 5.48. The minimum absolute atomic E-state index is 0.623. The van der Waals surface area contributed by atoms with E-state index in [9.17, 15) is 0 Å². The lowest BCUT2D eigenvalue weighted by molar-refractivity contribution is 0.498. The standard InChI is InChI=1S/C15H28N2S/c18-15(16-13-9-5-1-2-6-10-13)17-14-11-7-3-4-8-12-14/h13-14H,1-12H2,(H2,16,17,18). The maximum atomic E-state index is 5.48. The summed E-state index contributed by atoms with van der Waals surface area (Å²) in [5.41, 5.74) is 0. The first kappa shape index (κ1) is 14.1. The number of nitrogens with one attached hydrogen (secondary N) is 2. The van der Waals surface area contributed by atoms with Gasteiger partial charge in [0.15, 0.2) is 5.11 Å². The first-order valence-electron chi connectivity index (χ1n) is 7.91. The molecule has 2 aliphatic carbocycles. The van der Waals surface area contributed by atoms with E-state index < -0.39 is 0 Å². The molecular formula is C15H28N2S.